The van der Waals surface area contributed by atoms with Crippen LogP contribution in [-0.4, -0.2) is 29.2 Å². The zero-order chi connectivity index (χ0) is 13.9. The highest BCUT2D eigenvalue weighted by atomic mass is 19.3. The maximum atomic E-state index is 13.0. The summed E-state index contributed by atoms with van der Waals surface area (Å²) in [4.78, 5) is 4.34. The van der Waals surface area contributed by atoms with Crippen LogP contribution in [0.3, 0.4) is 0 Å². The highest BCUT2D eigenvalue weighted by Crippen LogP contribution is 2.22. The van der Waals surface area contributed by atoms with Gasteiger partial charge in [0.05, 0.1) is 6.54 Å². The molecule has 1 rings (SSSR count). The van der Waals surface area contributed by atoms with Crippen molar-refractivity contribution in [2.24, 2.45) is 0 Å². The Hall–Kier alpha value is -1.07. The number of aryl methyl sites for hydroxylation is 3. The molecule has 0 radical (unpaired) electrons. The first-order valence-corrected chi connectivity index (χ1v) is 5.93. The summed E-state index contributed by atoms with van der Waals surface area (Å²) in [5.41, 5.74) is 3.74. The number of halogens is 2. The van der Waals surface area contributed by atoms with E-state index in [4.69, 9.17) is 5.11 Å². The zero-order valence-corrected chi connectivity index (χ0v) is 11.2. The van der Waals surface area contributed by atoms with Gasteiger partial charge in [0.25, 0.3) is 5.92 Å². The maximum absolute atomic E-state index is 13.0. The normalized spacial score (nSPS) is 13.7. The molecule has 0 aromatic carbocycles. The number of alkyl halides is 2. The Morgan fingerprint density at radius 1 is 1.39 bits per heavy atom. The quantitative estimate of drug-likeness (QED) is 0.851. The van der Waals surface area contributed by atoms with Gasteiger partial charge >= 0.3 is 0 Å². The third-order valence-corrected chi connectivity index (χ3v) is 2.92. The van der Waals surface area contributed by atoms with Crippen LogP contribution in [0.1, 0.15) is 35.5 Å². The van der Waals surface area contributed by atoms with E-state index in [1.54, 1.807) is 0 Å². The number of hydrogen-bond donors (Lipinski definition) is 2. The Morgan fingerprint density at radius 2 is 2.00 bits per heavy atom. The van der Waals surface area contributed by atoms with Crippen molar-refractivity contribution in [3.05, 3.63) is 28.6 Å². The van der Waals surface area contributed by atoms with Crippen molar-refractivity contribution < 1.29 is 13.9 Å². The fourth-order valence-corrected chi connectivity index (χ4v) is 2.15. The van der Waals surface area contributed by atoms with Gasteiger partial charge in [-0.05, 0) is 44.9 Å². The van der Waals surface area contributed by atoms with Crippen molar-refractivity contribution in [1.82, 2.24) is 10.3 Å². The molecule has 1 unspecified atom stereocenters. The van der Waals surface area contributed by atoms with Crippen LogP contribution in [0.25, 0.3) is 0 Å². The highest BCUT2D eigenvalue weighted by molar-refractivity contribution is 5.33. The summed E-state index contributed by atoms with van der Waals surface area (Å²) in [6.07, 6.45) is 0. The van der Waals surface area contributed by atoms with Gasteiger partial charge in [0.1, 0.15) is 6.61 Å². The fraction of sp³-hybridized carbons (Fsp3) is 0.615. The average Bonchev–Trinajstić information content (AvgIpc) is 2.25. The second kappa shape index (κ2) is 5.71. The molecule has 0 spiro atoms. The number of nitrogens with one attached hydrogen (secondary N) is 1. The number of aliphatic hydroxyl groups is 1. The summed E-state index contributed by atoms with van der Waals surface area (Å²) in [7, 11) is 0. The van der Waals surface area contributed by atoms with E-state index in [9.17, 15) is 8.78 Å². The molecule has 0 bridgehead atoms. The minimum Gasteiger partial charge on any atom is -0.390 e. The number of aromatic nitrogens is 1. The smallest absolute Gasteiger partial charge is 0.282 e. The SMILES string of the molecule is Cc1cc(C)c(C(C)NCC(F)(F)CO)c(C)n1. The van der Waals surface area contributed by atoms with Gasteiger partial charge in [-0.3, -0.25) is 4.98 Å². The number of hydrogen-bond acceptors (Lipinski definition) is 3. The molecular weight excluding hydrogens is 238 g/mol. The third-order valence-electron chi connectivity index (χ3n) is 2.92. The molecule has 0 fully saturated rings. The number of aliphatic hydroxyl groups excluding tert-OH is 1. The van der Waals surface area contributed by atoms with Crippen molar-refractivity contribution in [2.45, 2.75) is 39.7 Å². The van der Waals surface area contributed by atoms with Gasteiger partial charge in [0.2, 0.25) is 0 Å². The predicted molar refractivity (Wildman–Crippen MR) is 66.9 cm³/mol. The average molecular weight is 258 g/mol. The molecule has 0 amide bonds. The molecule has 3 nitrogen and oxygen atoms in total. The van der Waals surface area contributed by atoms with E-state index < -0.39 is 19.1 Å². The summed E-state index contributed by atoms with van der Waals surface area (Å²) < 4.78 is 25.9. The second-order valence-electron chi connectivity index (χ2n) is 4.70. The molecule has 1 aromatic rings. The molecule has 0 aliphatic carbocycles. The molecule has 2 N–H and O–H groups in total. The Bertz CT molecular complexity index is 398. The van der Waals surface area contributed by atoms with Gasteiger partial charge < -0.3 is 10.4 Å². The van der Waals surface area contributed by atoms with E-state index in [1.165, 1.54) is 0 Å². The van der Waals surface area contributed by atoms with E-state index in [0.29, 0.717) is 0 Å². The molecule has 0 saturated heterocycles. The van der Waals surface area contributed by atoms with Gasteiger partial charge in [-0.25, -0.2) is 8.78 Å². The third kappa shape index (κ3) is 3.71. The molecule has 18 heavy (non-hydrogen) atoms. The largest absolute Gasteiger partial charge is 0.390 e. The zero-order valence-electron chi connectivity index (χ0n) is 11.2. The van der Waals surface area contributed by atoms with E-state index >= 15 is 0 Å². The van der Waals surface area contributed by atoms with Crippen molar-refractivity contribution in [3.63, 3.8) is 0 Å². The number of pyridine rings is 1. The second-order valence-corrected chi connectivity index (χ2v) is 4.70. The Morgan fingerprint density at radius 3 is 2.50 bits per heavy atom. The molecule has 1 aromatic heterocycles. The van der Waals surface area contributed by atoms with Crippen LogP contribution >= 0.6 is 0 Å². The van der Waals surface area contributed by atoms with Crippen LogP contribution in [0.5, 0.6) is 0 Å². The van der Waals surface area contributed by atoms with Crippen molar-refractivity contribution in [3.8, 4) is 0 Å². The van der Waals surface area contributed by atoms with E-state index in [-0.39, 0.29) is 6.04 Å². The van der Waals surface area contributed by atoms with Crippen molar-refractivity contribution in [1.29, 1.82) is 0 Å². The topological polar surface area (TPSA) is 45.1 Å². The van der Waals surface area contributed by atoms with E-state index in [2.05, 4.69) is 10.3 Å². The maximum Gasteiger partial charge on any atom is 0.282 e. The number of nitrogens with zero attached hydrogens (tertiary/aromatic N) is 1. The Balaban J connectivity index is 2.82. The summed E-state index contributed by atoms with van der Waals surface area (Å²) in [5.74, 6) is -3.09. The van der Waals surface area contributed by atoms with Crippen LogP contribution in [0.15, 0.2) is 6.07 Å². The summed E-state index contributed by atoms with van der Waals surface area (Å²) >= 11 is 0. The molecule has 0 aliphatic heterocycles. The Kier molecular flexibility index (Phi) is 4.76. The first-order chi connectivity index (χ1) is 8.26. The van der Waals surface area contributed by atoms with Crippen LogP contribution < -0.4 is 5.32 Å². The van der Waals surface area contributed by atoms with E-state index in [1.807, 2.05) is 33.8 Å². The van der Waals surface area contributed by atoms with Crippen LogP contribution in [0, 0.1) is 20.8 Å². The van der Waals surface area contributed by atoms with Crippen LogP contribution in [-0.2, 0) is 0 Å². The minimum atomic E-state index is -3.09. The molecule has 0 saturated carbocycles. The molecule has 1 atom stereocenters. The molecule has 1 heterocycles. The van der Waals surface area contributed by atoms with Crippen molar-refractivity contribution >= 4 is 0 Å². The van der Waals surface area contributed by atoms with Gasteiger partial charge in [-0.2, -0.15) is 0 Å². The molecule has 0 aliphatic rings. The van der Waals surface area contributed by atoms with Crippen LogP contribution in [0.4, 0.5) is 8.78 Å². The van der Waals surface area contributed by atoms with Gasteiger partial charge in [-0.1, -0.05) is 0 Å². The summed E-state index contributed by atoms with van der Waals surface area (Å²) in [6, 6.07) is 1.71. The lowest BCUT2D eigenvalue weighted by molar-refractivity contribution is -0.0491. The molecular formula is C13H20F2N2O. The molecule has 102 valence electrons. The number of rotatable bonds is 5. The summed E-state index contributed by atoms with van der Waals surface area (Å²) in [5, 5.41) is 11.3. The van der Waals surface area contributed by atoms with Crippen LogP contribution in [0.2, 0.25) is 0 Å². The van der Waals surface area contributed by atoms with Gasteiger partial charge in [0.15, 0.2) is 0 Å². The standard InChI is InChI=1S/C13H20F2N2O/c1-8-5-9(2)17-11(4)12(8)10(3)16-6-13(14,15)7-18/h5,10,16,18H,6-7H2,1-4H3. The van der Waals surface area contributed by atoms with E-state index in [0.717, 1.165) is 22.5 Å². The predicted octanol–water partition coefficient (Wildman–Crippen LogP) is 2.29. The van der Waals surface area contributed by atoms with Gasteiger partial charge in [-0.15, -0.1) is 0 Å². The first-order valence-electron chi connectivity index (χ1n) is 5.93. The lowest BCUT2D eigenvalue weighted by atomic mass is 10.0. The monoisotopic (exact) mass is 258 g/mol. The van der Waals surface area contributed by atoms with Crippen molar-refractivity contribution in [2.75, 3.05) is 13.2 Å². The molecule has 5 heteroatoms. The highest BCUT2D eigenvalue weighted by Gasteiger charge is 2.28. The Labute approximate surface area is 106 Å². The fourth-order valence-electron chi connectivity index (χ4n) is 2.15. The lowest BCUT2D eigenvalue weighted by Gasteiger charge is -2.22. The summed E-state index contributed by atoms with van der Waals surface area (Å²) in [6.45, 7) is 5.85. The van der Waals surface area contributed by atoms with Gasteiger partial charge in [0, 0.05) is 17.4 Å². The lowest BCUT2D eigenvalue weighted by Crippen LogP contribution is -2.37. The first kappa shape index (κ1) is 15.0. The minimum absolute atomic E-state index is 0.226.